The van der Waals surface area contributed by atoms with Gasteiger partial charge in [-0.25, -0.2) is 18.6 Å². The summed E-state index contributed by atoms with van der Waals surface area (Å²) in [7, 11) is 0. The van der Waals surface area contributed by atoms with Crippen LogP contribution in [0.2, 0.25) is 5.02 Å². The first kappa shape index (κ1) is 28.1. The lowest BCUT2D eigenvalue weighted by molar-refractivity contribution is -0.140. The Bertz CT molecular complexity index is 1360. The fourth-order valence-corrected chi connectivity index (χ4v) is 5.37. The lowest BCUT2D eigenvalue weighted by atomic mass is 9.75. The molecule has 0 unspecified atom stereocenters. The van der Waals surface area contributed by atoms with E-state index in [2.05, 4.69) is 35.7 Å². The van der Waals surface area contributed by atoms with Gasteiger partial charge in [0.25, 0.3) is 6.43 Å². The van der Waals surface area contributed by atoms with Gasteiger partial charge in [-0.1, -0.05) is 82.3 Å². The number of hydrogen-bond donors (Lipinski definition) is 1. The molecule has 0 aliphatic heterocycles. The monoisotopic (exact) mass is 541 g/mol. The number of nitrogens with zero attached hydrogens (tertiary/aromatic N) is 2. The van der Waals surface area contributed by atoms with Gasteiger partial charge in [0.1, 0.15) is 11.6 Å². The number of aryl methyl sites for hydroxylation is 1. The topological polar surface area (TPSA) is 75.7 Å². The minimum absolute atomic E-state index is 0.0244. The van der Waals surface area contributed by atoms with Crippen molar-refractivity contribution in [3.05, 3.63) is 69.1 Å². The summed E-state index contributed by atoms with van der Waals surface area (Å²) in [5.74, 6) is 0.160. The van der Waals surface area contributed by atoms with E-state index in [0.29, 0.717) is 35.4 Å². The molecule has 1 saturated carbocycles. The van der Waals surface area contributed by atoms with Crippen LogP contribution in [0.1, 0.15) is 76.8 Å². The minimum Gasteiger partial charge on any atom is -0.299 e. The van der Waals surface area contributed by atoms with Crippen LogP contribution in [0.25, 0.3) is 22.8 Å². The number of carbonyl (C=O) groups excluding carboxylic acids is 1. The van der Waals surface area contributed by atoms with Crippen LogP contribution in [0, 0.1) is 5.41 Å². The molecular formula is C30H34ClF2N3O2. The van der Waals surface area contributed by atoms with E-state index in [1.807, 2.05) is 24.3 Å². The van der Waals surface area contributed by atoms with Crippen molar-refractivity contribution < 1.29 is 13.6 Å². The quantitative estimate of drug-likeness (QED) is 0.313. The Hall–Kier alpha value is -2.93. The molecule has 3 aromatic rings. The van der Waals surface area contributed by atoms with Gasteiger partial charge in [0.15, 0.2) is 5.82 Å². The van der Waals surface area contributed by atoms with Crippen molar-refractivity contribution in [1.82, 2.24) is 15.0 Å². The molecule has 0 radical (unpaired) electrons. The molecule has 4 rings (SSSR count). The Morgan fingerprint density at radius 3 is 2.42 bits per heavy atom. The number of ketones is 1. The minimum atomic E-state index is -2.66. The van der Waals surface area contributed by atoms with E-state index >= 15 is 0 Å². The highest BCUT2D eigenvalue weighted by Gasteiger charge is 2.45. The van der Waals surface area contributed by atoms with Crippen LogP contribution in [0.15, 0.2) is 47.3 Å². The molecule has 1 aliphatic rings. The largest absolute Gasteiger partial charge is 0.348 e. The van der Waals surface area contributed by atoms with Crippen LogP contribution < -0.4 is 5.69 Å². The van der Waals surface area contributed by atoms with Gasteiger partial charge < -0.3 is 0 Å². The average Bonchev–Trinajstić information content (AvgIpc) is 3.14. The van der Waals surface area contributed by atoms with Gasteiger partial charge in [-0.15, -0.1) is 0 Å². The maximum absolute atomic E-state index is 14.1. The number of H-pyrrole nitrogens is 1. The summed E-state index contributed by atoms with van der Waals surface area (Å²) in [6.45, 7) is 6.31. The summed E-state index contributed by atoms with van der Waals surface area (Å²) in [4.78, 5) is 36.9. The Morgan fingerprint density at radius 2 is 1.76 bits per heavy atom. The third-order valence-electron chi connectivity index (χ3n) is 7.53. The Morgan fingerprint density at radius 1 is 1.05 bits per heavy atom. The number of hydrogen-bond acceptors (Lipinski definition) is 4. The summed E-state index contributed by atoms with van der Waals surface area (Å²) in [5, 5.41) is 0.372. The molecule has 1 heterocycles. The molecule has 1 aromatic heterocycles. The average molecular weight is 542 g/mol. The first-order valence-electron chi connectivity index (χ1n) is 13.2. The molecule has 1 N–H and O–H groups in total. The van der Waals surface area contributed by atoms with Gasteiger partial charge in [-0.3, -0.25) is 9.78 Å². The normalized spacial score (nSPS) is 15.9. The van der Waals surface area contributed by atoms with Gasteiger partial charge in [0.2, 0.25) is 0 Å². The van der Waals surface area contributed by atoms with Crippen LogP contribution in [0.3, 0.4) is 0 Å². The Labute approximate surface area is 227 Å². The van der Waals surface area contributed by atoms with Gasteiger partial charge in [-0.05, 0) is 54.0 Å². The Kier molecular flexibility index (Phi) is 8.46. The molecule has 0 amide bonds. The number of alkyl halides is 2. The predicted molar refractivity (Wildman–Crippen MR) is 147 cm³/mol. The molecule has 0 atom stereocenters. The van der Waals surface area contributed by atoms with Crippen LogP contribution in [-0.2, 0) is 16.6 Å². The van der Waals surface area contributed by atoms with Crippen molar-refractivity contribution in [2.45, 2.75) is 84.0 Å². The number of Topliss-reactive ketones (excluding diaryl/α,β-unsaturated/α-hetero) is 1. The fourth-order valence-electron chi connectivity index (χ4n) is 5.16. The molecule has 2 aromatic carbocycles. The molecular weight excluding hydrogens is 508 g/mol. The Balaban J connectivity index is 1.61. The highest BCUT2D eigenvalue weighted by molar-refractivity contribution is 6.33. The van der Waals surface area contributed by atoms with Crippen molar-refractivity contribution in [3.63, 3.8) is 0 Å². The van der Waals surface area contributed by atoms with Crippen LogP contribution >= 0.6 is 11.6 Å². The van der Waals surface area contributed by atoms with Gasteiger partial charge in [0.05, 0.1) is 10.4 Å². The molecule has 8 heteroatoms. The molecule has 38 heavy (non-hydrogen) atoms. The zero-order chi connectivity index (χ0) is 27.5. The SMILES string of the molecule is CC(C)(C)c1cccc(-c2nc(-c3cc(CCC(=O)C4(C(F)F)CCCCCC4)ccc3Cl)[nH]c(=O)n2)c1. The van der Waals surface area contributed by atoms with Crippen LogP contribution in [0.4, 0.5) is 8.78 Å². The van der Waals surface area contributed by atoms with E-state index in [1.165, 1.54) is 0 Å². The summed E-state index contributed by atoms with van der Waals surface area (Å²) in [6, 6.07) is 12.9. The molecule has 1 fully saturated rings. The maximum Gasteiger partial charge on any atom is 0.348 e. The van der Waals surface area contributed by atoms with Crippen LogP contribution in [-0.4, -0.2) is 27.2 Å². The van der Waals surface area contributed by atoms with E-state index in [1.54, 1.807) is 18.2 Å². The highest BCUT2D eigenvalue weighted by atomic mass is 35.5. The summed E-state index contributed by atoms with van der Waals surface area (Å²) in [5.41, 5.74) is 0.849. The molecule has 0 bridgehead atoms. The second kappa shape index (κ2) is 11.4. The summed E-state index contributed by atoms with van der Waals surface area (Å²) in [6.07, 6.45) is 1.25. The third-order valence-corrected chi connectivity index (χ3v) is 7.86. The van der Waals surface area contributed by atoms with Crippen molar-refractivity contribution in [3.8, 4) is 22.8 Å². The smallest absolute Gasteiger partial charge is 0.299 e. The van der Waals surface area contributed by atoms with Gasteiger partial charge >= 0.3 is 5.69 Å². The number of nitrogens with one attached hydrogen (secondary N) is 1. The van der Waals surface area contributed by atoms with Crippen molar-refractivity contribution >= 4 is 17.4 Å². The van der Waals surface area contributed by atoms with E-state index in [-0.39, 0.29) is 42.1 Å². The van der Waals surface area contributed by atoms with Crippen molar-refractivity contribution in [2.24, 2.45) is 5.41 Å². The van der Waals surface area contributed by atoms with Crippen molar-refractivity contribution in [1.29, 1.82) is 0 Å². The molecule has 1 aliphatic carbocycles. The highest BCUT2D eigenvalue weighted by Crippen LogP contribution is 2.42. The number of carbonyl (C=O) groups is 1. The van der Waals surface area contributed by atoms with Crippen molar-refractivity contribution in [2.75, 3.05) is 0 Å². The summed E-state index contributed by atoms with van der Waals surface area (Å²) < 4.78 is 28.2. The van der Waals surface area contributed by atoms with Gasteiger partial charge in [-0.2, -0.15) is 4.98 Å². The fraction of sp³-hybridized carbons (Fsp3) is 0.467. The standard InChI is InChI=1S/C30H34ClF2N3O2/c1-29(2,3)21-10-8-9-20(18-21)25-34-26(36-28(38)35-25)22-17-19(11-13-23(22)31)12-14-24(37)30(27(32)33)15-6-4-5-7-16-30/h8-11,13,17-18,27H,4-7,12,14-16H2,1-3H3,(H,34,35,36,38). The number of aromatic amines is 1. The van der Waals surface area contributed by atoms with E-state index in [4.69, 9.17) is 11.6 Å². The molecule has 0 saturated heterocycles. The van der Waals surface area contributed by atoms with Gasteiger partial charge in [0, 0.05) is 17.5 Å². The second-order valence-corrected chi connectivity index (χ2v) is 11.7. The number of rotatable bonds is 7. The predicted octanol–water partition coefficient (Wildman–Crippen LogP) is 7.56. The second-order valence-electron chi connectivity index (χ2n) is 11.3. The number of halogens is 3. The first-order valence-corrected chi connectivity index (χ1v) is 13.6. The zero-order valence-corrected chi connectivity index (χ0v) is 22.9. The number of aromatic nitrogens is 3. The molecule has 0 spiro atoms. The zero-order valence-electron chi connectivity index (χ0n) is 22.1. The summed E-state index contributed by atoms with van der Waals surface area (Å²) >= 11 is 6.48. The lowest BCUT2D eigenvalue weighted by Gasteiger charge is -2.30. The van der Waals surface area contributed by atoms with E-state index in [9.17, 15) is 18.4 Å². The lowest BCUT2D eigenvalue weighted by Crippen LogP contribution is -2.38. The van der Waals surface area contributed by atoms with E-state index in [0.717, 1.165) is 24.0 Å². The first-order chi connectivity index (χ1) is 18.0. The molecule has 5 nitrogen and oxygen atoms in total. The van der Waals surface area contributed by atoms with E-state index < -0.39 is 17.5 Å². The third kappa shape index (κ3) is 6.20. The number of benzene rings is 2. The maximum atomic E-state index is 14.1. The molecule has 202 valence electrons. The van der Waals surface area contributed by atoms with Crippen LogP contribution in [0.5, 0.6) is 0 Å².